The van der Waals surface area contributed by atoms with Crippen LogP contribution in [0.25, 0.3) is 0 Å². The normalized spacial score (nSPS) is 37.1. The summed E-state index contributed by atoms with van der Waals surface area (Å²) >= 11 is 0. The van der Waals surface area contributed by atoms with Crippen molar-refractivity contribution < 1.29 is 0 Å². The predicted molar refractivity (Wildman–Crippen MR) is 110 cm³/mol. The molecular formula is C23H28N4. The number of hydrogen-bond acceptors (Lipinski definition) is 4. The second-order valence-electron chi connectivity index (χ2n) is 9.00. The fourth-order valence-electron chi connectivity index (χ4n) is 7.23. The topological polar surface area (TPSA) is 21.8 Å². The highest BCUT2D eigenvalue weighted by atomic mass is 15.4. The number of benzene rings is 2. The van der Waals surface area contributed by atoms with Crippen LogP contribution in [0.15, 0.2) is 48.5 Å². The molecule has 2 fully saturated rings. The molecule has 0 spiro atoms. The van der Waals surface area contributed by atoms with Crippen LogP contribution in [-0.2, 0) is 10.8 Å². The van der Waals surface area contributed by atoms with Gasteiger partial charge in [0.15, 0.2) is 0 Å². The standard InChI is InChI=1S/C23H28N4/c1-25-14-12-22(16-8-4-6-10-18(16)24-20(22)25)23-13-15-26(2)21(23)27(3)19-11-7-5-9-17(19)23/h4-11,20-21,24H,12-15H2,1-3H3. The number of fused-ring (bicyclic) bond motifs is 7. The molecule has 0 bridgehead atoms. The van der Waals surface area contributed by atoms with Crippen LogP contribution in [0.1, 0.15) is 24.0 Å². The van der Waals surface area contributed by atoms with Gasteiger partial charge in [0.1, 0.15) is 0 Å². The van der Waals surface area contributed by atoms with Gasteiger partial charge in [-0.3, -0.25) is 9.80 Å². The molecule has 4 unspecified atom stereocenters. The average molecular weight is 361 g/mol. The maximum absolute atomic E-state index is 3.92. The van der Waals surface area contributed by atoms with Crippen molar-refractivity contribution in [2.75, 3.05) is 44.4 Å². The van der Waals surface area contributed by atoms with E-state index in [9.17, 15) is 0 Å². The number of anilines is 2. The Bertz CT molecular complexity index is 926. The molecule has 0 aliphatic carbocycles. The maximum Gasteiger partial charge on any atom is 0.0924 e. The highest BCUT2D eigenvalue weighted by Gasteiger charge is 2.72. The summed E-state index contributed by atoms with van der Waals surface area (Å²) in [7, 11) is 6.90. The second kappa shape index (κ2) is 5.06. The molecular weight excluding hydrogens is 332 g/mol. The van der Waals surface area contributed by atoms with Crippen LogP contribution >= 0.6 is 0 Å². The first-order chi connectivity index (χ1) is 13.1. The van der Waals surface area contributed by atoms with Gasteiger partial charge in [-0.25, -0.2) is 0 Å². The molecule has 2 aromatic carbocycles. The van der Waals surface area contributed by atoms with E-state index in [0.717, 1.165) is 13.1 Å². The summed E-state index contributed by atoms with van der Waals surface area (Å²) in [5, 5.41) is 3.92. The smallest absolute Gasteiger partial charge is 0.0924 e. The molecule has 1 N–H and O–H groups in total. The highest BCUT2D eigenvalue weighted by molar-refractivity contribution is 5.72. The fraction of sp³-hybridized carbons (Fsp3) is 0.478. The minimum Gasteiger partial charge on any atom is -0.369 e. The lowest BCUT2D eigenvalue weighted by Crippen LogP contribution is -2.61. The Morgan fingerprint density at radius 3 is 2.33 bits per heavy atom. The van der Waals surface area contributed by atoms with Crippen molar-refractivity contribution in [1.82, 2.24) is 9.80 Å². The molecule has 2 aromatic rings. The number of rotatable bonds is 1. The molecule has 140 valence electrons. The Hall–Kier alpha value is -2.04. The number of nitrogens with zero attached hydrogens (tertiary/aromatic N) is 3. The SMILES string of the molecule is CN1CCC2(C34CCN(C)C3N(C)c3ccccc34)c3ccccc3NC12. The van der Waals surface area contributed by atoms with Crippen LogP contribution in [0.5, 0.6) is 0 Å². The van der Waals surface area contributed by atoms with Crippen LogP contribution in [-0.4, -0.2) is 56.4 Å². The summed E-state index contributed by atoms with van der Waals surface area (Å²) in [5.41, 5.74) is 6.06. The second-order valence-corrected chi connectivity index (χ2v) is 9.00. The number of hydrogen-bond donors (Lipinski definition) is 1. The third-order valence-corrected chi connectivity index (χ3v) is 8.11. The van der Waals surface area contributed by atoms with E-state index < -0.39 is 0 Å². The molecule has 4 nitrogen and oxygen atoms in total. The fourth-order valence-corrected chi connectivity index (χ4v) is 7.23. The van der Waals surface area contributed by atoms with Gasteiger partial charge < -0.3 is 10.2 Å². The van der Waals surface area contributed by atoms with E-state index >= 15 is 0 Å². The molecule has 2 saturated heterocycles. The van der Waals surface area contributed by atoms with Crippen LogP contribution in [0.3, 0.4) is 0 Å². The minimum atomic E-state index is 0.106. The molecule has 0 aromatic heterocycles. The first-order valence-electron chi connectivity index (χ1n) is 10.2. The van der Waals surface area contributed by atoms with Crippen molar-refractivity contribution in [1.29, 1.82) is 0 Å². The molecule has 4 heterocycles. The zero-order valence-electron chi connectivity index (χ0n) is 16.4. The molecule has 0 amide bonds. The van der Waals surface area contributed by atoms with Crippen LogP contribution in [0, 0.1) is 0 Å². The summed E-state index contributed by atoms with van der Waals surface area (Å²) in [6.07, 6.45) is 3.21. The lowest BCUT2D eigenvalue weighted by molar-refractivity contribution is 0.136. The Morgan fingerprint density at radius 2 is 1.48 bits per heavy atom. The van der Waals surface area contributed by atoms with Gasteiger partial charge in [-0.2, -0.15) is 0 Å². The van der Waals surface area contributed by atoms with Crippen molar-refractivity contribution in [3.63, 3.8) is 0 Å². The summed E-state index contributed by atoms with van der Waals surface area (Å²) in [4.78, 5) is 7.68. The van der Waals surface area contributed by atoms with E-state index in [1.54, 1.807) is 5.56 Å². The van der Waals surface area contributed by atoms with Gasteiger partial charge in [0.05, 0.1) is 12.3 Å². The van der Waals surface area contributed by atoms with E-state index in [-0.39, 0.29) is 10.8 Å². The van der Waals surface area contributed by atoms with Crippen molar-refractivity contribution in [3.05, 3.63) is 59.7 Å². The Morgan fingerprint density at radius 1 is 0.815 bits per heavy atom. The Labute approximate surface area is 161 Å². The molecule has 6 rings (SSSR count). The zero-order valence-corrected chi connectivity index (χ0v) is 16.4. The monoisotopic (exact) mass is 360 g/mol. The van der Waals surface area contributed by atoms with Crippen LogP contribution < -0.4 is 10.2 Å². The third kappa shape index (κ3) is 1.60. The van der Waals surface area contributed by atoms with Crippen molar-refractivity contribution in [2.24, 2.45) is 0 Å². The Balaban J connectivity index is 1.69. The molecule has 4 aliphatic heterocycles. The van der Waals surface area contributed by atoms with E-state index in [0.29, 0.717) is 12.3 Å². The highest BCUT2D eigenvalue weighted by Crippen LogP contribution is 2.67. The van der Waals surface area contributed by atoms with E-state index in [2.05, 4.69) is 89.7 Å². The van der Waals surface area contributed by atoms with Crippen molar-refractivity contribution in [2.45, 2.75) is 36.0 Å². The predicted octanol–water partition coefficient (Wildman–Crippen LogP) is 3.06. The quantitative estimate of drug-likeness (QED) is 0.844. The van der Waals surface area contributed by atoms with Gasteiger partial charge in [0, 0.05) is 42.3 Å². The molecule has 27 heavy (non-hydrogen) atoms. The molecule has 4 aliphatic rings. The first kappa shape index (κ1) is 16.0. The molecule has 0 saturated carbocycles. The van der Waals surface area contributed by atoms with E-state index in [4.69, 9.17) is 0 Å². The van der Waals surface area contributed by atoms with Gasteiger partial charge in [0.25, 0.3) is 0 Å². The van der Waals surface area contributed by atoms with Gasteiger partial charge in [0.2, 0.25) is 0 Å². The van der Waals surface area contributed by atoms with Gasteiger partial charge >= 0.3 is 0 Å². The zero-order chi connectivity index (χ0) is 18.4. The van der Waals surface area contributed by atoms with E-state index in [1.807, 2.05) is 0 Å². The summed E-state index contributed by atoms with van der Waals surface area (Å²) in [6, 6.07) is 18.3. The van der Waals surface area contributed by atoms with Crippen molar-refractivity contribution in [3.8, 4) is 0 Å². The largest absolute Gasteiger partial charge is 0.369 e. The lowest BCUT2D eigenvalue weighted by atomic mass is 9.55. The number of likely N-dealkylation sites (tertiary alicyclic amines) is 2. The Kier molecular flexibility index (Phi) is 2.99. The number of likely N-dealkylation sites (N-methyl/N-ethyl adjacent to an activating group) is 3. The van der Waals surface area contributed by atoms with Crippen LogP contribution in [0.2, 0.25) is 0 Å². The summed E-state index contributed by atoms with van der Waals surface area (Å²) in [5.74, 6) is 0. The summed E-state index contributed by atoms with van der Waals surface area (Å²) in [6.45, 7) is 2.31. The number of nitrogens with one attached hydrogen (secondary N) is 1. The molecule has 0 radical (unpaired) electrons. The third-order valence-electron chi connectivity index (χ3n) is 8.11. The van der Waals surface area contributed by atoms with Gasteiger partial charge in [-0.15, -0.1) is 0 Å². The number of para-hydroxylation sites is 2. The van der Waals surface area contributed by atoms with Crippen molar-refractivity contribution >= 4 is 11.4 Å². The molecule has 4 heteroatoms. The summed E-state index contributed by atoms with van der Waals surface area (Å²) < 4.78 is 0. The first-order valence-corrected chi connectivity index (χ1v) is 10.2. The average Bonchev–Trinajstić information content (AvgIpc) is 3.37. The van der Waals surface area contributed by atoms with Gasteiger partial charge in [-0.05, 0) is 50.2 Å². The molecule has 4 atom stereocenters. The van der Waals surface area contributed by atoms with Crippen LogP contribution in [0.4, 0.5) is 11.4 Å². The van der Waals surface area contributed by atoms with Gasteiger partial charge in [-0.1, -0.05) is 36.4 Å². The maximum atomic E-state index is 3.92. The minimum absolute atomic E-state index is 0.106. The lowest BCUT2D eigenvalue weighted by Gasteiger charge is -2.49. The van der Waals surface area contributed by atoms with E-state index in [1.165, 1.54) is 29.8 Å².